The lowest BCUT2D eigenvalue weighted by molar-refractivity contribution is 0.0939. The van der Waals surface area contributed by atoms with Crippen LogP contribution in [0.1, 0.15) is 34.5 Å². The fourth-order valence-electron chi connectivity index (χ4n) is 3.33. The summed E-state index contributed by atoms with van der Waals surface area (Å²) < 4.78 is 65.6. The van der Waals surface area contributed by atoms with Crippen LogP contribution in [0.2, 0.25) is 0 Å². The highest BCUT2D eigenvalue weighted by Gasteiger charge is 2.20. The third-order valence-electron chi connectivity index (χ3n) is 5.09. The summed E-state index contributed by atoms with van der Waals surface area (Å²) in [6.45, 7) is 1.67. The zero-order valence-electron chi connectivity index (χ0n) is 17.5. The highest BCUT2D eigenvalue weighted by atomic mass is 32.2. The minimum Gasteiger partial charge on any atom is -0.454 e. The quantitative estimate of drug-likeness (QED) is 0.545. The number of carbonyl (C=O) groups excluding carboxylic acids is 1. The highest BCUT2D eigenvalue weighted by Crippen LogP contribution is 2.32. The topological polar surface area (TPSA) is 93.7 Å². The minimum absolute atomic E-state index is 0.0102. The van der Waals surface area contributed by atoms with Crippen LogP contribution >= 0.6 is 0 Å². The van der Waals surface area contributed by atoms with Crippen LogP contribution in [0, 0.1) is 11.6 Å². The Kier molecular flexibility index (Phi) is 6.30. The van der Waals surface area contributed by atoms with Gasteiger partial charge in [0.15, 0.2) is 11.5 Å². The smallest absolute Gasteiger partial charge is 0.251 e. The van der Waals surface area contributed by atoms with Crippen molar-refractivity contribution in [2.45, 2.75) is 24.4 Å². The Morgan fingerprint density at radius 1 is 1.03 bits per heavy atom. The average Bonchev–Trinajstić information content (AvgIpc) is 3.25. The molecular formula is C23H20F2N2O5S. The molecule has 1 heterocycles. The lowest BCUT2D eigenvalue weighted by atomic mass is 10.1. The molecule has 2 N–H and O–H groups in total. The fourth-order valence-corrected chi connectivity index (χ4v) is 4.39. The van der Waals surface area contributed by atoms with Gasteiger partial charge >= 0.3 is 0 Å². The standard InChI is InChI=1S/C23H20F2N2O5S/c1-14(19-7-6-17(24)11-20(19)25)27-23(28)16-3-2-4-18(10-16)33(29,30)26-12-15-5-8-21-22(9-15)32-13-31-21/h2-11,14,26H,12-13H2,1H3,(H,27,28). The molecule has 0 fully saturated rings. The van der Waals surface area contributed by atoms with Gasteiger partial charge in [0.2, 0.25) is 16.8 Å². The van der Waals surface area contributed by atoms with Crippen LogP contribution in [0.5, 0.6) is 11.5 Å². The zero-order chi connectivity index (χ0) is 23.6. The third-order valence-corrected chi connectivity index (χ3v) is 6.49. The first-order valence-corrected chi connectivity index (χ1v) is 11.5. The van der Waals surface area contributed by atoms with E-state index in [1.165, 1.54) is 30.3 Å². The number of ether oxygens (including phenoxy) is 2. The predicted octanol–water partition coefficient (Wildman–Crippen LogP) is 3.66. The molecule has 0 saturated carbocycles. The van der Waals surface area contributed by atoms with Crippen molar-refractivity contribution in [3.05, 3.63) is 89.0 Å². The lowest BCUT2D eigenvalue weighted by Crippen LogP contribution is -2.28. The molecule has 3 aromatic carbocycles. The van der Waals surface area contributed by atoms with E-state index in [2.05, 4.69) is 10.0 Å². The predicted molar refractivity (Wildman–Crippen MR) is 115 cm³/mol. The van der Waals surface area contributed by atoms with E-state index in [9.17, 15) is 22.0 Å². The van der Waals surface area contributed by atoms with Crippen LogP contribution in [0.3, 0.4) is 0 Å². The van der Waals surface area contributed by atoms with Crippen LogP contribution in [-0.2, 0) is 16.6 Å². The van der Waals surface area contributed by atoms with Crippen molar-refractivity contribution in [3.63, 3.8) is 0 Å². The molecule has 0 aromatic heterocycles. The number of carbonyl (C=O) groups is 1. The van der Waals surface area contributed by atoms with E-state index in [0.717, 1.165) is 12.1 Å². The zero-order valence-corrected chi connectivity index (χ0v) is 18.3. The molecule has 1 amide bonds. The van der Waals surface area contributed by atoms with Crippen molar-refractivity contribution in [1.29, 1.82) is 0 Å². The summed E-state index contributed by atoms with van der Waals surface area (Å²) in [5.41, 5.74) is 0.862. The molecule has 7 nitrogen and oxygen atoms in total. The van der Waals surface area contributed by atoms with Crippen LogP contribution < -0.4 is 19.5 Å². The van der Waals surface area contributed by atoms with Gasteiger partial charge in [0.1, 0.15) is 11.6 Å². The first kappa shape index (κ1) is 22.7. The molecule has 3 aromatic rings. The van der Waals surface area contributed by atoms with Gasteiger partial charge in [-0.1, -0.05) is 18.2 Å². The summed E-state index contributed by atoms with van der Waals surface area (Å²) in [5.74, 6) is -0.973. The van der Waals surface area contributed by atoms with Gasteiger partial charge in [-0.25, -0.2) is 21.9 Å². The number of nitrogens with one attached hydrogen (secondary N) is 2. The molecule has 1 aliphatic heterocycles. The number of hydrogen-bond donors (Lipinski definition) is 2. The summed E-state index contributed by atoms with van der Waals surface area (Å²) in [7, 11) is -3.92. The van der Waals surface area contributed by atoms with Gasteiger partial charge in [-0.2, -0.15) is 0 Å². The Morgan fingerprint density at radius 2 is 1.82 bits per heavy atom. The first-order chi connectivity index (χ1) is 15.7. The van der Waals surface area contributed by atoms with Gasteiger partial charge in [-0.15, -0.1) is 0 Å². The van der Waals surface area contributed by atoms with E-state index in [1.54, 1.807) is 25.1 Å². The molecule has 1 atom stereocenters. The van der Waals surface area contributed by atoms with Crippen LogP contribution in [0.4, 0.5) is 8.78 Å². The van der Waals surface area contributed by atoms with E-state index in [0.29, 0.717) is 17.1 Å². The SMILES string of the molecule is CC(NC(=O)c1cccc(S(=O)(=O)NCc2ccc3c(c2)OCO3)c1)c1ccc(F)cc1F. The lowest BCUT2D eigenvalue weighted by Gasteiger charge is -2.15. The van der Waals surface area contributed by atoms with Crippen molar-refractivity contribution >= 4 is 15.9 Å². The second kappa shape index (κ2) is 9.16. The summed E-state index contributed by atoms with van der Waals surface area (Å²) in [4.78, 5) is 12.5. The molecule has 1 aliphatic rings. The molecule has 0 spiro atoms. The van der Waals surface area contributed by atoms with E-state index >= 15 is 0 Å². The first-order valence-electron chi connectivity index (χ1n) is 9.97. The number of fused-ring (bicyclic) bond motifs is 1. The second-order valence-corrected chi connectivity index (χ2v) is 9.17. The number of sulfonamides is 1. The Balaban J connectivity index is 1.45. The maximum absolute atomic E-state index is 14.0. The Hall–Kier alpha value is -3.50. The number of rotatable bonds is 7. The second-order valence-electron chi connectivity index (χ2n) is 7.40. The molecule has 0 bridgehead atoms. The van der Waals surface area contributed by atoms with Gasteiger partial charge < -0.3 is 14.8 Å². The van der Waals surface area contributed by atoms with E-state index in [1.807, 2.05) is 0 Å². The molecule has 4 rings (SSSR count). The van der Waals surface area contributed by atoms with Gasteiger partial charge in [0, 0.05) is 23.7 Å². The molecule has 0 saturated heterocycles. The van der Waals surface area contributed by atoms with Crippen molar-refractivity contribution in [3.8, 4) is 11.5 Å². The molecule has 1 unspecified atom stereocenters. The van der Waals surface area contributed by atoms with Gasteiger partial charge in [0.25, 0.3) is 5.91 Å². The van der Waals surface area contributed by atoms with Gasteiger partial charge in [-0.05, 0) is 48.9 Å². The van der Waals surface area contributed by atoms with Crippen molar-refractivity contribution in [1.82, 2.24) is 10.0 Å². The van der Waals surface area contributed by atoms with Crippen LogP contribution in [-0.4, -0.2) is 21.1 Å². The Labute approximate surface area is 189 Å². The minimum atomic E-state index is -3.92. The average molecular weight is 474 g/mol. The summed E-state index contributed by atoms with van der Waals surface area (Å²) >= 11 is 0. The van der Waals surface area contributed by atoms with E-state index < -0.39 is 33.6 Å². The number of benzene rings is 3. The van der Waals surface area contributed by atoms with Crippen LogP contribution in [0.15, 0.2) is 65.6 Å². The maximum Gasteiger partial charge on any atom is 0.251 e. The molecule has 0 radical (unpaired) electrons. The van der Waals surface area contributed by atoms with Crippen molar-refractivity contribution < 1.29 is 31.5 Å². The molecule has 172 valence electrons. The van der Waals surface area contributed by atoms with Gasteiger partial charge in [-0.3, -0.25) is 4.79 Å². The largest absolute Gasteiger partial charge is 0.454 e. The molecular weight excluding hydrogens is 454 g/mol. The summed E-state index contributed by atoms with van der Waals surface area (Å²) in [6, 6.07) is 12.9. The highest BCUT2D eigenvalue weighted by molar-refractivity contribution is 7.89. The van der Waals surface area contributed by atoms with Crippen molar-refractivity contribution in [2.24, 2.45) is 0 Å². The normalized spacial score (nSPS) is 13.5. The molecule has 0 aliphatic carbocycles. The maximum atomic E-state index is 14.0. The van der Waals surface area contributed by atoms with E-state index in [4.69, 9.17) is 9.47 Å². The van der Waals surface area contributed by atoms with Crippen molar-refractivity contribution in [2.75, 3.05) is 6.79 Å². The number of amides is 1. The third kappa shape index (κ3) is 5.12. The fraction of sp³-hybridized carbons (Fsp3) is 0.174. The van der Waals surface area contributed by atoms with E-state index in [-0.39, 0.29) is 29.4 Å². The van der Waals surface area contributed by atoms with Crippen LogP contribution in [0.25, 0.3) is 0 Å². The monoisotopic (exact) mass is 474 g/mol. The summed E-state index contributed by atoms with van der Waals surface area (Å²) in [6.07, 6.45) is 0. The number of hydrogen-bond acceptors (Lipinski definition) is 5. The summed E-state index contributed by atoms with van der Waals surface area (Å²) in [5, 5.41) is 2.59. The number of halogens is 2. The molecule has 10 heteroatoms. The Bertz CT molecular complexity index is 1310. The molecule has 33 heavy (non-hydrogen) atoms. The Morgan fingerprint density at radius 3 is 2.61 bits per heavy atom. The van der Waals surface area contributed by atoms with Gasteiger partial charge in [0.05, 0.1) is 10.9 Å².